The third-order valence-electron chi connectivity index (χ3n) is 1.99. The van der Waals surface area contributed by atoms with E-state index in [1.807, 2.05) is 24.3 Å². The summed E-state index contributed by atoms with van der Waals surface area (Å²) in [7, 11) is 0. The molecule has 1 aromatic heterocycles. The molecule has 0 spiro atoms. The first kappa shape index (κ1) is 9.43. The molecule has 0 aliphatic heterocycles. The molecule has 2 N–H and O–H groups in total. The summed E-state index contributed by atoms with van der Waals surface area (Å²) in [5.41, 5.74) is 7.54. The van der Waals surface area contributed by atoms with Gasteiger partial charge in [0.15, 0.2) is 5.76 Å². The van der Waals surface area contributed by atoms with Gasteiger partial charge in [0, 0.05) is 10.0 Å². The normalized spacial score (nSPS) is 10.4. The molecule has 72 valence electrons. The molecule has 0 aliphatic rings. The van der Waals surface area contributed by atoms with Crippen LogP contribution in [-0.2, 0) is 6.54 Å². The molecule has 0 aliphatic carbocycles. The van der Waals surface area contributed by atoms with Gasteiger partial charge in [-0.1, -0.05) is 33.2 Å². The zero-order valence-electron chi connectivity index (χ0n) is 7.40. The van der Waals surface area contributed by atoms with E-state index in [1.165, 1.54) is 0 Å². The monoisotopic (exact) mass is 252 g/mol. The first-order valence-corrected chi connectivity index (χ1v) is 5.00. The van der Waals surface area contributed by atoms with Crippen LogP contribution in [0.2, 0.25) is 0 Å². The van der Waals surface area contributed by atoms with E-state index in [-0.39, 0.29) is 0 Å². The average Bonchev–Trinajstić information content (AvgIpc) is 2.67. The Balaban J connectivity index is 2.44. The van der Waals surface area contributed by atoms with Crippen LogP contribution in [0.1, 0.15) is 5.76 Å². The van der Waals surface area contributed by atoms with Gasteiger partial charge in [0.05, 0.1) is 12.7 Å². The molecular formula is C10H9BrN2O. The van der Waals surface area contributed by atoms with E-state index in [0.717, 1.165) is 15.6 Å². The minimum atomic E-state index is 0.366. The van der Waals surface area contributed by atoms with Crippen molar-refractivity contribution in [3.8, 4) is 11.1 Å². The maximum Gasteiger partial charge on any atom is 0.158 e. The smallest absolute Gasteiger partial charge is 0.158 e. The molecule has 1 heterocycles. The summed E-state index contributed by atoms with van der Waals surface area (Å²) in [5, 5.41) is 3.73. The van der Waals surface area contributed by atoms with Crippen molar-refractivity contribution in [1.82, 2.24) is 5.16 Å². The fraction of sp³-hybridized carbons (Fsp3) is 0.100. The van der Waals surface area contributed by atoms with Crippen molar-refractivity contribution in [2.24, 2.45) is 5.73 Å². The molecule has 3 nitrogen and oxygen atoms in total. The van der Waals surface area contributed by atoms with E-state index in [2.05, 4.69) is 21.1 Å². The molecule has 0 saturated heterocycles. The molecule has 0 saturated carbocycles. The standard InChI is InChI=1S/C10H9BrN2O/c11-8-3-1-7(2-4-8)9-6-13-14-10(9)5-12/h1-4,6H,5,12H2. The van der Waals surface area contributed by atoms with Crippen LogP contribution in [0.15, 0.2) is 39.5 Å². The van der Waals surface area contributed by atoms with Crippen LogP contribution in [0.4, 0.5) is 0 Å². The second kappa shape index (κ2) is 3.94. The minimum Gasteiger partial charge on any atom is -0.359 e. The summed E-state index contributed by atoms with van der Waals surface area (Å²) < 4.78 is 6.06. The Bertz CT molecular complexity index is 422. The van der Waals surface area contributed by atoms with Gasteiger partial charge < -0.3 is 10.3 Å². The van der Waals surface area contributed by atoms with Gasteiger partial charge in [0.25, 0.3) is 0 Å². The summed E-state index contributed by atoms with van der Waals surface area (Å²) >= 11 is 3.38. The lowest BCUT2D eigenvalue weighted by Crippen LogP contribution is -1.95. The van der Waals surface area contributed by atoms with Crippen molar-refractivity contribution in [2.75, 3.05) is 0 Å². The molecule has 4 heteroatoms. The maximum absolute atomic E-state index is 5.52. The van der Waals surface area contributed by atoms with Crippen LogP contribution in [-0.4, -0.2) is 5.16 Å². The zero-order valence-corrected chi connectivity index (χ0v) is 8.99. The van der Waals surface area contributed by atoms with Crippen molar-refractivity contribution in [2.45, 2.75) is 6.54 Å². The number of rotatable bonds is 2. The highest BCUT2D eigenvalue weighted by Gasteiger charge is 2.07. The quantitative estimate of drug-likeness (QED) is 0.894. The lowest BCUT2D eigenvalue weighted by Gasteiger charge is -1.98. The van der Waals surface area contributed by atoms with Crippen molar-refractivity contribution in [1.29, 1.82) is 0 Å². The maximum atomic E-state index is 5.52. The predicted molar refractivity (Wildman–Crippen MR) is 57.5 cm³/mol. The van der Waals surface area contributed by atoms with E-state index in [9.17, 15) is 0 Å². The lowest BCUT2D eigenvalue weighted by atomic mass is 10.1. The molecule has 0 bridgehead atoms. The third-order valence-corrected chi connectivity index (χ3v) is 2.51. The van der Waals surface area contributed by atoms with Crippen LogP contribution in [0.5, 0.6) is 0 Å². The lowest BCUT2D eigenvalue weighted by molar-refractivity contribution is 0.385. The van der Waals surface area contributed by atoms with Gasteiger partial charge in [0.1, 0.15) is 0 Å². The number of hydrogen-bond donors (Lipinski definition) is 1. The van der Waals surface area contributed by atoms with Gasteiger partial charge in [-0.2, -0.15) is 0 Å². The van der Waals surface area contributed by atoms with Gasteiger partial charge in [-0.3, -0.25) is 0 Å². The topological polar surface area (TPSA) is 52.0 Å². The Kier molecular flexibility index (Phi) is 2.65. The van der Waals surface area contributed by atoms with Gasteiger partial charge in [-0.05, 0) is 17.7 Å². The fourth-order valence-corrected chi connectivity index (χ4v) is 1.54. The Morgan fingerprint density at radius 3 is 2.64 bits per heavy atom. The number of halogens is 1. The van der Waals surface area contributed by atoms with Crippen LogP contribution < -0.4 is 5.73 Å². The number of nitrogens with two attached hydrogens (primary N) is 1. The Morgan fingerprint density at radius 1 is 1.29 bits per heavy atom. The second-order valence-corrected chi connectivity index (χ2v) is 3.79. The van der Waals surface area contributed by atoms with Gasteiger partial charge in [-0.15, -0.1) is 0 Å². The number of aromatic nitrogens is 1. The summed E-state index contributed by atoms with van der Waals surface area (Å²) in [6.07, 6.45) is 1.69. The van der Waals surface area contributed by atoms with E-state index in [1.54, 1.807) is 6.20 Å². The van der Waals surface area contributed by atoms with Gasteiger partial charge >= 0.3 is 0 Å². The Hall–Kier alpha value is -1.13. The largest absolute Gasteiger partial charge is 0.359 e. The number of hydrogen-bond acceptors (Lipinski definition) is 3. The summed E-state index contributed by atoms with van der Waals surface area (Å²) in [5.74, 6) is 0.715. The highest BCUT2D eigenvalue weighted by atomic mass is 79.9. The summed E-state index contributed by atoms with van der Waals surface area (Å²) in [6.45, 7) is 0.366. The molecule has 0 radical (unpaired) electrons. The third kappa shape index (κ3) is 1.71. The molecule has 2 aromatic rings. The predicted octanol–water partition coefficient (Wildman–Crippen LogP) is 2.56. The first-order chi connectivity index (χ1) is 6.81. The van der Waals surface area contributed by atoms with Crippen LogP contribution in [0, 0.1) is 0 Å². The van der Waals surface area contributed by atoms with Crippen molar-refractivity contribution >= 4 is 15.9 Å². The van der Waals surface area contributed by atoms with Crippen molar-refractivity contribution in [3.05, 3.63) is 40.7 Å². The molecule has 1 aromatic carbocycles. The van der Waals surface area contributed by atoms with E-state index < -0.39 is 0 Å². The number of benzene rings is 1. The SMILES string of the molecule is NCc1oncc1-c1ccc(Br)cc1. The molecule has 14 heavy (non-hydrogen) atoms. The summed E-state index contributed by atoms with van der Waals surface area (Å²) in [6, 6.07) is 7.94. The molecule has 2 rings (SSSR count). The second-order valence-electron chi connectivity index (χ2n) is 2.87. The van der Waals surface area contributed by atoms with E-state index in [0.29, 0.717) is 12.3 Å². The average molecular weight is 253 g/mol. The molecule has 0 fully saturated rings. The molecule has 0 unspecified atom stereocenters. The van der Waals surface area contributed by atoms with Crippen LogP contribution in [0.3, 0.4) is 0 Å². The molecule has 0 amide bonds. The Morgan fingerprint density at radius 2 is 2.00 bits per heavy atom. The van der Waals surface area contributed by atoms with E-state index in [4.69, 9.17) is 10.3 Å². The fourth-order valence-electron chi connectivity index (χ4n) is 1.28. The number of nitrogens with zero attached hydrogens (tertiary/aromatic N) is 1. The van der Waals surface area contributed by atoms with Crippen molar-refractivity contribution in [3.63, 3.8) is 0 Å². The zero-order chi connectivity index (χ0) is 9.97. The molecule has 0 atom stereocenters. The summed E-state index contributed by atoms with van der Waals surface area (Å²) in [4.78, 5) is 0. The van der Waals surface area contributed by atoms with Gasteiger partial charge in [0.2, 0.25) is 0 Å². The molecular weight excluding hydrogens is 244 g/mol. The Labute approximate surface area is 90.0 Å². The van der Waals surface area contributed by atoms with Gasteiger partial charge in [-0.25, -0.2) is 0 Å². The van der Waals surface area contributed by atoms with Crippen LogP contribution in [0.25, 0.3) is 11.1 Å². The van der Waals surface area contributed by atoms with Crippen molar-refractivity contribution < 1.29 is 4.52 Å². The highest BCUT2D eigenvalue weighted by molar-refractivity contribution is 9.10. The first-order valence-electron chi connectivity index (χ1n) is 4.21. The minimum absolute atomic E-state index is 0.366. The van der Waals surface area contributed by atoms with Crippen LogP contribution >= 0.6 is 15.9 Å². The highest BCUT2D eigenvalue weighted by Crippen LogP contribution is 2.24. The van der Waals surface area contributed by atoms with E-state index >= 15 is 0 Å².